The number of halogens is 1. The van der Waals surface area contributed by atoms with Crippen LogP contribution in [0.25, 0.3) is 0 Å². The highest BCUT2D eigenvalue weighted by molar-refractivity contribution is 5.97. The van der Waals surface area contributed by atoms with E-state index in [1.54, 1.807) is 11.0 Å². The summed E-state index contributed by atoms with van der Waals surface area (Å²) in [6.07, 6.45) is 2.01. The third kappa shape index (κ3) is 3.08. The summed E-state index contributed by atoms with van der Waals surface area (Å²) in [5.74, 6) is -0.668. The molecule has 0 fully saturated rings. The van der Waals surface area contributed by atoms with Crippen LogP contribution in [-0.4, -0.2) is 35.6 Å². The van der Waals surface area contributed by atoms with Crippen molar-refractivity contribution in [3.63, 3.8) is 0 Å². The number of carbonyl (C=O) groups excluding carboxylic acids is 1. The van der Waals surface area contributed by atoms with Crippen molar-refractivity contribution < 1.29 is 9.18 Å². The molecule has 8 heteroatoms. The molecule has 1 amide bonds. The Morgan fingerprint density at radius 3 is 2.75 bits per heavy atom. The number of H-pyrrole nitrogens is 1. The van der Waals surface area contributed by atoms with Crippen LogP contribution < -0.4 is 21.0 Å². The van der Waals surface area contributed by atoms with Gasteiger partial charge in [0.15, 0.2) is 0 Å². The number of hydrogen-bond acceptors (Lipinski definition) is 4. The van der Waals surface area contributed by atoms with Crippen LogP contribution in [0.15, 0.2) is 40.1 Å². The SMILES string of the molecule is CN1CCCN(C(=O)Cn2ccc(=O)[nH]c2=O)c2ccc(F)cc21. The van der Waals surface area contributed by atoms with Crippen molar-refractivity contribution in [2.75, 3.05) is 29.9 Å². The molecule has 0 radical (unpaired) electrons. The Balaban J connectivity index is 1.93. The second-order valence-corrected chi connectivity index (χ2v) is 5.69. The molecular weight excluding hydrogens is 315 g/mol. The van der Waals surface area contributed by atoms with Crippen LogP contribution in [-0.2, 0) is 11.3 Å². The minimum atomic E-state index is -0.637. The molecule has 1 aromatic carbocycles. The van der Waals surface area contributed by atoms with Gasteiger partial charge in [-0.2, -0.15) is 0 Å². The van der Waals surface area contributed by atoms with Gasteiger partial charge < -0.3 is 9.80 Å². The first kappa shape index (κ1) is 16.0. The number of amides is 1. The quantitative estimate of drug-likeness (QED) is 0.871. The number of hydrogen-bond donors (Lipinski definition) is 1. The number of carbonyl (C=O) groups is 1. The Kier molecular flexibility index (Phi) is 4.20. The molecule has 0 bridgehead atoms. The summed E-state index contributed by atoms with van der Waals surface area (Å²) in [4.78, 5) is 41.1. The molecule has 24 heavy (non-hydrogen) atoms. The number of fused-ring (bicyclic) bond motifs is 1. The van der Waals surface area contributed by atoms with Crippen LogP contribution in [0.3, 0.4) is 0 Å². The molecule has 0 unspecified atom stereocenters. The zero-order chi connectivity index (χ0) is 17.3. The molecule has 0 saturated carbocycles. The first-order valence-electron chi connectivity index (χ1n) is 7.56. The Morgan fingerprint density at radius 1 is 1.21 bits per heavy atom. The van der Waals surface area contributed by atoms with Gasteiger partial charge in [-0.05, 0) is 24.6 Å². The van der Waals surface area contributed by atoms with E-state index >= 15 is 0 Å². The molecule has 0 aliphatic carbocycles. The van der Waals surface area contributed by atoms with E-state index < -0.39 is 11.2 Å². The Bertz CT molecular complexity index is 889. The van der Waals surface area contributed by atoms with Crippen molar-refractivity contribution in [1.29, 1.82) is 0 Å². The van der Waals surface area contributed by atoms with E-state index in [1.807, 2.05) is 11.9 Å². The van der Waals surface area contributed by atoms with Gasteiger partial charge >= 0.3 is 5.69 Å². The summed E-state index contributed by atoms with van der Waals surface area (Å²) >= 11 is 0. The molecule has 0 atom stereocenters. The van der Waals surface area contributed by atoms with E-state index in [1.165, 1.54) is 24.4 Å². The molecule has 1 aliphatic rings. The number of nitrogens with one attached hydrogen (secondary N) is 1. The van der Waals surface area contributed by atoms with E-state index in [2.05, 4.69) is 4.98 Å². The van der Waals surface area contributed by atoms with Gasteiger partial charge in [0.1, 0.15) is 12.4 Å². The lowest BCUT2D eigenvalue weighted by Gasteiger charge is -2.24. The highest BCUT2D eigenvalue weighted by Gasteiger charge is 2.24. The van der Waals surface area contributed by atoms with E-state index in [0.717, 1.165) is 11.0 Å². The van der Waals surface area contributed by atoms with Crippen molar-refractivity contribution in [3.05, 3.63) is 57.1 Å². The standard InChI is InChI=1S/C16H17FN4O3/c1-19-6-2-7-21(12-4-3-11(17)9-13(12)19)15(23)10-20-8-5-14(22)18-16(20)24/h3-5,8-9H,2,6-7,10H2,1H3,(H,18,22,24). The lowest BCUT2D eigenvalue weighted by Crippen LogP contribution is -2.38. The molecule has 0 spiro atoms. The maximum Gasteiger partial charge on any atom is 0.328 e. The van der Waals surface area contributed by atoms with Crippen LogP contribution >= 0.6 is 0 Å². The number of aromatic amines is 1. The fraction of sp³-hybridized carbons (Fsp3) is 0.312. The van der Waals surface area contributed by atoms with Crippen LogP contribution in [0, 0.1) is 5.82 Å². The van der Waals surface area contributed by atoms with Crippen molar-refractivity contribution in [3.8, 4) is 0 Å². The maximum atomic E-state index is 13.6. The van der Waals surface area contributed by atoms with Crippen molar-refractivity contribution >= 4 is 17.3 Å². The van der Waals surface area contributed by atoms with Crippen molar-refractivity contribution in [1.82, 2.24) is 9.55 Å². The third-order valence-electron chi connectivity index (χ3n) is 4.02. The molecular formula is C16H17FN4O3. The van der Waals surface area contributed by atoms with Crippen LogP contribution in [0.5, 0.6) is 0 Å². The zero-order valence-electron chi connectivity index (χ0n) is 13.2. The molecule has 0 saturated heterocycles. The van der Waals surface area contributed by atoms with E-state index in [0.29, 0.717) is 24.5 Å². The molecule has 2 heterocycles. The molecule has 3 rings (SSSR count). The van der Waals surface area contributed by atoms with Gasteiger partial charge in [-0.3, -0.25) is 19.1 Å². The highest BCUT2D eigenvalue weighted by Crippen LogP contribution is 2.32. The van der Waals surface area contributed by atoms with E-state index in [-0.39, 0.29) is 18.3 Å². The van der Waals surface area contributed by atoms with Crippen LogP contribution in [0.4, 0.5) is 15.8 Å². The smallest absolute Gasteiger partial charge is 0.328 e. The summed E-state index contributed by atoms with van der Waals surface area (Å²) in [5.41, 5.74) is 0.0941. The van der Waals surface area contributed by atoms with Gasteiger partial charge in [-0.25, -0.2) is 9.18 Å². The monoisotopic (exact) mass is 332 g/mol. The van der Waals surface area contributed by atoms with Crippen molar-refractivity contribution in [2.45, 2.75) is 13.0 Å². The lowest BCUT2D eigenvalue weighted by molar-refractivity contribution is -0.119. The van der Waals surface area contributed by atoms with Gasteiger partial charge in [0.2, 0.25) is 5.91 Å². The number of aromatic nitrogens is 2. The minimum Gasteiger partial charge on any atom is -0.373 e. The van der Waals surface area contributed by atoms with Crippen LogP contribution in [0.2, 0.25) is 0 Å². The Morgan fingerprint density at radius 2 is 2.00 bits per heavy atom. The third-order valence-corrected chi connectivity index (χ3v) is 4.02. The second-order valence-electron chi connectivity index (χ2n) is 5.69. The first-order valence-corrected chi connectivity index (χ1v) is 7.56. The Hall–Kier alpha value is -2.90. The average molecular weight is 332 g/mol. The number of anilines is 2. The summed E-state index contributed by atoms with van der Waals surface area (Å²) in [6, 6.07) is 5.46. The average Bonchev–Trinajstić information content (AvgIpc) is 2.69. The van der Waals surface area contributed by atoms with Gasteiger partial charge in [-0.1, -0.05) is 0 Å². The van der Waals surface area contributed by atoms with Gasteiger partial charge in [0.25, 0.3) is 5.56 Å². The second kappa shape index (κ2) is 6.31. The lowest BCUT2D eigenvalue weighted by atomic mass is 10.2. The zero-order valence-corrected chi connectivity index (χ0v) is 13.2. The van der Waals surface area contributed by atoms with Gasteiger partial charge in [0.05, 0.1) is 11.4 Å². The molecule has 1 aliphatic heterocycles. The molecule has 126 valence electrons. The van der Waals surface area contributed by atoms with Crippen LogP contribution in [0.1, 0.15) is 6.42 Å². The summed E-state index contributed by atoms with van der Waals surface area (Å²) in [6.45, 7) is 0.967. The number of benzene rings is 1. The topological polar surface area (TPSA) is 78.4 Å². The predicted octanol–water partition coefficient (Wildman–Crippen LogP) is 0.549. The molecule has 1 aromatic heterocycles. The summed E-state index contributed by atoms with van der Waals surface area (Å²) in [7, 11) is 1.85. The predicted molar refractivity (Wildman–Crippen MR) is 88.0 cm³/mol. The molecule has 2 aromatic rings. The van der Waals surface area contributed by atoms with Crippen molar-refractivity contribution in [2.24, 2.45) is 0 Å². The van der Waals surface area contributed by atoms with E-state index in [9.17, 15) is 18.8 Å². The summed E-state index contributed by atoms with van der Waals surface area (Å²) < 4.78 is 14.7. The molecule has 7 nitrogen and oxygen atoms in total. The first-order chi connectivity index (χ1) is 11.5. The Labute approximate surface area is 136 Å². The largest absolute Gasteiger partial charge is 0.373 e. The minimum absolute atomic E-state index is 0.198. The van der Waals surface area contributed by atoms with Gasteiger partial charge in [0, 0.05) is 32.4 Å². The fourth-order valence-electron chi connectivity index (χ4n) is 2.80. The number of rotatable bonds is 2. The summed E-state index contributed by atoms with van der Waals surface area (Å²) in [5, 5.41) is 0. The number of nitrogens with zero attached hydrogens (tertiary/aromatic N) is 3. The fourth-order valence-corrected chi connectivity index (χ4v) is 2.80. The van der Waals surface area contributed by atoms with Gasteiger partial charge in [-0.15, -0.1) is 0 Å². The van der Waals surface area contributed by atoms with E-state index in [4.69, 9.17) is 0 Å². The maximum absolute atomic E-state index is 13.6. The normalized spacial score (nSPS) is 14.2. The highest BCUT2D eigenvalue weighted by atomic mass is 19.1. The molecule has 1 N–H and O–H groups in total.